The molecule has 1 aliphatic rings. The molecule has 0 unspecified atom stereocenters. The highest BCUT2D eigenvalue weighted by Gasteiger charge is 2.32. The molecule has 0 fully saturated rings. The number of aromatic carboxylic acids is 1. The van der Waals surface area contributed by atoms with Gasteiger partial charge in [0.05, 0.1) is 5.56 Å². The van der Waals surface area contributed by atoms with E-state index in [1.54, 1.807) is 13.0 Å². The predicted molar refractivity (Wildman–Crippen MR) is 99.6 cm³/mol. The number of amides is 1. The van der Waals surface area contributed by atoms with E-state index in [0.29, 0.717) is 35.3 Å². The summed E-state index contributed by atoms with van der Waals surface area (Å²) in [6.07, 6.45) is 0.887. The van der Waals surface area contributed by atoms with Gasteiger partial charge in [0.25, 0.3) is 11.5 Å². The van der Waals surface area contributed by atoms with Crippen molar-refractivity contribution in [2.24, 2.45) is 5.41 Å². The minimum Gasteiger partial charge on any atom is -0.478 e. The molecular formula is C20H20N2O5. The first-order valence-electron chi connectivity index (χ1n) is 8.52. The number of nitrogens with one attached hydrogen (secondary N) is 2. The molecule has 0 saturated heterocycles. The number of carboxylic acid groups (broad SMARTS) is 1. The Hall–Kier alpha value is -3.22. The number of hydrogen-bond donors (Lipinski definition) is 3. The van der Waals surface area contributed by atoms with Crippen LogP contribution >= 0.6 is 0 Å². The first kappa shape index (κ1) is 18.6. The van der Waals surface area contributed by atoms with E-state index in [1.165, 1.54) is 18.2 Å². The number of anilines is 1. The standard InChI is InChI=1S/C20H20N2O5/c1-10-4-5-11(19(26)27)6-14(10)21-17(24)13-7-12-15(22-18(13)25)8-20(2,3)9-16(12)23/h4-7H,8-9H2,1-3H3,(H,21,24)(H,22,25)(H,26,27). The van der Waals surface area contributed by atoms with Gasteiger partial charge in [-0.25, -0.2) is 4.79 Å². The van der Waals surface area contributed by atoms with Gasteiger partial charge < -0.3 is 15.4 Å². The van der Waals surface area contributed by atoms with E-state index < -0.39 is 17.4 Å². The summed E-state index contributed by atoms with van der Waals surface area (Å²) in [5.74, 6) is -1.93. The number of hydrogen-bond acceptors (Lipinski definition) is 4. The van der Waals surface area contributed by atoms with Crippen molar-refractivity contribution in [2.45, 2.75) is 33.6 Å². The third-order valence-electron chi connectivity index (χ3n) is 4.70. The van der Waals surface area contributed by atoms with Crippen LogP contribution < -0.4 is 10.9 Å². The first-order valence-corrected chi connectivity index (χ1v) is 8.52. The normalized spacial score (nSPS) is 15.1. The second kappa shape index (κ2) is 6.50. The molecule has 0 bridgehead atoms. The van der Waals surface area contributed by atoms with Crippen LogP contribution in [-0.2, 0) is 6.42 Å². The van der Waals surface area contributed by atoms with Crippen molar-refractivity contribution >= 4 is 23.3 Å². The largest absolute Gasteiger partial charge is 0.478 e. The molecule has 0 saturated carbocycles. The van der Waals surface area contributed by atoms with Gasteiger partial charge in [0.2, 0.25) is 0 Å². The van der Waals surface area contributed by atoms with Gasteiger partial charge in [0.15, 0.2) is 5.78 Å². The number of aromatic amines is 1. The summed E-state index contributed by atoms with van der Waals surface area (Å²) in [6, 6.07) is 5.66. The molecule has 2 aromatic rings. The smallest absolute Gasteiger partial charge is 0.335 e. The van der Waals surface area contributed by atoms with E-state index >= 15 is 0 Å². The number of Topliss-reactive ketones (excluding diaryl/α,β-unsaturated/α-hetero) is 1. The van der Waals surface area contributed by atoms with Gasteiger partial charge in [-0.1, -0.05) is 19.9 Å². The molecule has 0 aliphatic heterocycles. The number of benzene rings is 1. The molecule has 140 valence electrons. The lowest BCUT2D eigenvalue weighted by Gasteiger charge is -2.29. The highest BCUT2D eigenvalue weighted by atomic mass is 16.4. The van der Waals surface area contributed by atoms with Crippen LogP contribution in [0, 0.1) is 12.3 Å². The van der Waals surface area contributed by atoms with Crippen LogP contribution in [0.2, 0.25) is 0 Å². The number of pyridine rings is 1. The van der Waals surface area contributed by atoms with Gasteiger partial charge in [0.1, 0.15) is 5.56 Å². The fourth-order valence-electron chi connectivity index (χ4n) is 3.28. The number of rotatable bonds is 3. The number of carboxylic acids is 1. The minimum atomic E-state index is -1.12. The topological polar surface area (TPSA) is 116 Å². The monoisotopic (exact) mass is 368 g/mol. The Morgan fingerprint density at radius 2 is 1.85 bits per heavy atom. The summed E-state index contributed by atoms with van der Waals surface area (Å²) in [6.45, 7) is 5.61. The third kappa shape index (κ3) is 3.67. The zero-order valence-electron chi connectivity index (χ0n) is 15.3. The number of ketones is 1. The summed E-state index contributed by atoms with van der Waals surface area (Å²) < 4.78 is 0. The van der Waals surface area contributed by atoms with Crippen molar-refractivity contribution in [1.29, 1.82) is 0 Å². The van der Waals surface area contributed by atoms with Crippen molar-refractivity contribution in [1.82, 2.24) is 4.98 Å². The Bertz CT molecular complexity index is 1030. The quantitative estimate of drug-likeness (QED) is 0.770. The Balaban J connectivity index is 1.96. The van der Waals surface area contributed by atoms with Gasteiger partial charge in [0, 0.05) is 23.4 Å². The van der Waals surface area contributed by atoms with Crippen LogP contribution in [-0.4, -0.2) is 27.8 Å². The van der Waals surface area contributed by atoms with E-state index in [1.807, 2.05) is 13.8 Å². The maximum absolute atomic E-state index is 12.6. The van der Waals surface area contributed by atoms with Crippen LogP contribution in [0.3, 0.4) is 0 Å². The van der Waals surface area contributed by atoms with Crippen molar-refractivity contribution in [3.63, 3.8) is 0 Å². The molecule has 7 heteroatoms. The molecule has 27 heavy (non-hydrogen) atoms. The molecule has 0 spiro atoms. The number of aromatic nitrogens is 1. The van der Waals surface area contributed by atoms with Gasteiger partial charge in [-0.15, -0.1) is 0 Å². The van der Waals surface area contributed by atoms with Gasteiger partial charge in [-0.05, 0) is 42.5 Å². The third-order valence-corrected chi connectivity index (χ3v) is 4.70. The Morgan fingerprint density at radius 3 is 2.52 bits per heavy atom. The lowest BCUT2D eigenvalue weighted by molar-refractivity contribution is 0.0696. The molecule has 3 N–H and O–H groups in total. The van der Waals surface area contributed by atoms with Crippen LogP contribution in [0.25, 0.3) is 0 Å². The van der Waals surface area contributed by atoms with E-state index in [2.05, 4.69) is 10.3 Å². The Morgan fingerprint density at radius 1 is 1.15 bits per heavy atom. The molecule has 7 nitrogen and oxygen atoms in total. The van der Waals surface area contributed by atoms with Crippen LogP contribution in [0.1, 0.15) is 62.6 Å². The number of fused-ring (bicyclic) bond motifs is 1. The second-order valence-corrected chi connectivity index (χ2v) is 7.63. The molecule has 0 atom stereocenters. The predicted octanol–water partition coefficient (Wildman–Crippen LogP) is 2.79. The molecule has 1 amide bonds. The fraction of sp³-hybridized carbons (Fsp3) is 0.300. The SMILES string of the molecule is Cc1ccc(C(=O)O)cc1NC(=O)c1cc2c([nH]c1=O)CC(C)(C)CC2=O. The zero-order valence-corrected chi connectivity index (χ0v) is 15.3. The molecular weight excluding hydrogens is 348 g/mol. The highest BCUT2D eigenvalue weighted by molar-refractivity contribution is 6.07. The van der Waals surface area contributed by atoms with Crippen molar-refractivity contribution in [3.8, 4) is 0 Å². The Labute approximate surface area is 155 Å². The zero-order chi connectivity index (χ0) is 19.9. The summed E-state index contributed by atoms with van der Waals surface area (Å²) in [4.78, 5) is 51.2. The summed E-state index contributed by atoms with van der Waals surface area (Å²) >= 11 is 0. The average Bonchev–Trinajstić information content (AvgIpc) is 2.54. The number of carbonyl (C=O) groups excluding carboxylic acids is 2. The number of H-pyrrole nitrogens is 1. The second-order valence-electron chi connectivity index (χ2n) is 7.63. The van der Waals surface area contributed by atoms with Crippen LogP contribution in [0.4, 0.5) is 5.69 Å². The summed E-state index contributed by atoms with van der Waals surface area (Å²) in [5, 5.41) is 11.7. The fourth-order valence-corrected chi connectivity index (χ4v) is 3.28. The van der Waals surface area contributed by atoms with E-state index in [-0.39, 0.29) is 22.3 Å². The molecule has 1 aromatic carbocycles. The molecule has 1 heterocycles. The van der Waals surface area contributed by atoms with E-state index in [9.17, 15) is 19.2 Å². The molecule has 1 aliphatic carbocycles. The van der Waals surface area contributed by atoms with Crippen molar-refractivity contribution in [3.05, 3.63) is 62.6 Å². The first-order chi connectivity index (χ1) is 12.6. The lowest BCUT2D eigenvalue weighted by atomic mass is 9.75. The molecule has 1 aromatic heterocycles. The maximum atomic E-state index is 12.6. The van der Waals surface area contributed by atoms with Crippen LogP contribution in [0.15, 0.2) is 29.1 Å². The minimum absolute atomic E-state index is 0.0210. The van der Waals surface area contributed by atoms with Crippen molar-refractivity contribution in [2.75, 3.05) is 5.32 Å². The van der Waals surface area contributed by atoms with Gasteiger partial charge >= 0.3 is 5.97 Å². The van der Waals surface area contributed by atoms with Crippen LogP contribution in [0.5, 0.6) is 0 Å². The van der Waals surface area contributed by atoms with Gasteiger partial charge in [-0.3, -0.25) is 14.4 Å². The Kier molecular flexibility index (Phi) is 4.47. The van der Waals surface area contributed by atoms with Gasteiger partial charge in [-0.2, -0.15) is 0 Å². The average molecular weight is 368 g/mol. The van der Waals surface area contributed by atoms with E-state index in [4.69, 9.17) is 5.11 Å². The van der Waals surface area contributed by atoms with E-state index in [0.717, 1.165) is 0 Å². The lowest BCUT2D eigenvalue weighted by Crippen LogP contribution is -2.32. The molecule has 0 radical (unpaired) electrons. The maximum Gasteiger partial charge on any atom is 0.335 e. The number of aryl methyl sites for hydroxylation is 1. The summed E-state index contributed by atoms with van der Waals surface area (Å²) in [7, 11) is 0. The van der Waals surface area contributed by atoms with Crippen molar-refractivity contribution < 1.29 is 19.5 Å². The summed E-state index contributed by atoms with van der Waals surface area (Å²) in [5.41, 5.74) is 0.867. The number of carbonyl (C=O) groups is 3. The highest BCUT2D eigenvalue weighted by Crippen LogP contribution is 2.33. The molecule has 3 rings (SSSR count).